The van der Waals surface area contributed by atoms with Gasteiger partial charge in [0.25, 0.3) is 0 Å². The number of hydrogen-bond donors (Lipinski definition) is 0. The molecule has 1 amide bonds. The molecule has 5 nitrogen and oxygen atoms in total. The van der Waals surface area contributed by atoms with Crippen molar-refractivity contribution in [2.75, 3.05) is 19.8 Å². The Morgan fingerprint density at radius 1 is 0.556 bits per heavy atom. The standard InChI is InChI=1S/C31H54NO4/c1-4-7-10-13-16-19-22-34-29-25-28(32-27-33)26-30(35-23-20-17-14-11-8-5-2)31(29)36-24-21-18-15-12-9-6-3/h25-27H,4-24H2,1-3H3. The fourth-order valence-electron chi connectivity index (χ4n) is 4.24. The summed E-state index contributed by atoms with van der Waals surface area (Å²) in [5.74, 6) is 1.93. The monoisotopic (exact) mass is 504 g/mol. The third-order valence-corrected chi connectivity index (χ3v) is 6.46. The van der Waals surface area contributed by atoms with Crippen LogP contribution < -0.4 is 19.5 Å². The number of benzene rings is 1. The molecule has 1 aromatic rings. The Balaban J connectivity index is 2.76. The number of nitrogens with zero attached hydrogens (tertiary/aromatic N) is 1. The van der Waals surface area contributed by atoms with Crippen LogP contribution in [-0.4, -0.2) is 26.2 Å². The van der Waals surface area contributed by atoms with Gasteiger partial charge in [0.05, 0.1) is 25.5 Å². The van der Waals surface area contributed by atoms with Gasteiger partial charge in [0.15, 0.2) is 11.5 Å². The second-order valence-corrected chi connectivity index (χ2v) is 9.85. The van der Waals surface area contributed by atoms with E-state index in [1.807, 2.05) is 0 Å². The van der Waals surface area contributed by atoms with Gasteiger partial charge < -0.3 is 14.2 Å². The second kappa shape index (κ2) is 23.5. The summed E-state index contributed by atoms with van der Waals surface area (Å²) in [4.78, 5) is 11.1. The Bertz CT molecular complexity index is 610. The number of carbonyl (C=O) groups excluding carboxylic acids is 1. The van der Waals surface area contributed by atoms with Crippen LogP contribution in [0.25, 0.3) is 0 Å². The highest BCUT2D eigenvalue weighted by Crippen LogP contribution is 2.41. The Morgan fingerprint density at radius 2 is 0.917 bits per heavy atom. The van der Waals surface area contributed by atoms with Crippen molar-refractivity contribution in [1.29, 1.82) is 0 Å². The number of unbranched alkanes of at least 4 members (excludes halogenated alkanes) is 15. The molecule has 0 saturated carbocycles. The van der Waals surface area contributed by atoms with Crippen LogP contribution in [0.5, 0.6) is 17.2 Å². The summed E-state index contributed by atoms with van der Waals surface area (Å²) < 4.78 is 18.6. The van der Waals surface area contributed by atoms with Gasteiger partial charge in [-0.1, -0.05) is 117 Å². The number of ether oxygens (including phenoxy) is 3. The van der Waals surface area contributed by atoms with E-state index in [0.717, 1.165) is 32.1 Å². The van der Waals surface area contributed by atoms with Crippen molar-refractivity contribution in [3.05, 3.63) is 12.1 Å². The average Bonchev–Trinajstić information content (AvgIpc) is 2.88. The number of carbonyl (C=O) groups is 1. The third kappa shape index (κ3) is 16.0. The van der Waals surface area contributed by atoms with E-state index in [-0.39, 0.29) is 0 Å². The zero-order valence-corrected chi connectivity index (χ0v) is 23.7. The number of amides is 1. The van der Waals surface area contributed by atoms with Gasteiger partial charge in [-0.2, -0.15) is 0 Å². The quantitative estimate of drug-likeness (QED) is 0.0931. The van der Waals surface area contributed by atoms with Crippen LogP contribution in [0.2, 0.25) is 0 Å². The summed E-state index contributed by atoms with van der Waals surface area (Å²) in [6, 6.07) is 3.61. The summed E-state index contributed by atoms with van der Waals surface area (Å²) in [6.45, 7) is 8.60. The number of hydrogen-bond acceptors (Lipinski definition) is 4. The van der Waals surface area contributed by atoms with E-state index in [9.17, 15) is 4.79 Å². The van der Waals surface area contributed by atoms with Crippen LogP contribution in [-0.2, 0) is 4.79 Å². The molecule has 0 fully saturated rings. The van der Waals surface area contributed by atoms with Crippen molar-refractivity contribution in [3.63, 3.8) is 0 Å². The zero-order chi connectivity index (χ0) is 26.1. The second-order valence-electron chi connectivity index (χ2n) is 9.85. The first-order chi connectivity index (χ1) is 17.8. The lowest BCUT2D eigenvalue weighted by molar-refractivity contribution is -0.108. The van der Waals surface area contributed by atoms with Gasteiger partial charge in [-0.15, -0.1) is 0 Å². The van der Waals surface area contributed by atoms with Gasteiger partial charge in [-0.3, -0.25) is 4.79 Å². The maximum Gasteiger partial charge on any atom is 0.233 e. The summed E-state index contributed by atoms with van der Waals surface area (Å²) in [5, 5.41) is 3.97. The summed E-state index contributed by atoms with van der Waals surface area (Å²) >= 11 is 0. The molecule has 0 N–H and O–H groups in total. The first-order valence-electron chi connectivity index (χ1n) is 15.0. The topological polar surface area (TPSA) is 58.9 Å². The van der Waals surface area contributed by atoms with E-state index >= 15 is 0 Å². The molecule has 0 aliphatic carbocycles. The largest absolute Gasteiger partial charge is 0.489 e. The van der Waals surface area contributed by atoms with Crippen LogP contribution in [0.15, 0.2) is 12.1 Å². The summed E-state index contributed by atoms with van der Waals surface area (Å²) in [5.41, 5.74) is 0.549. The molecule has 1 radical (unpaired) electrons. The average molecular weight is 505 g/mol. The normalized spacial score (nSPS) is 10.9. The SMILES string of the molecule is CCCCCCCCOc1cc([N]C=O)cc(OCCCCCCCC)c1OCCCCCCCC. The molecule has 0 aliphatic rings. The minimum atomic E-state index is 0.549. The van der Waals surface area contributed by atoms with Gasteiger partial charge in [-0.05, 0) is 19.3 Å². The van der Waals surface area contributed by atoms with Crippen molar-refractivity contribution in [2.24, 2.45) is 0 Å². The molecule has 0 saturated heterocycles. The van der Waals surface area contributed by atoms with Gasteiger partial charge in [0.2, 0.25) is 12.2 Å². The van der Waals surface area contributed by atoms with Gasteiger partial charge >= 0.3 is 0 Å². The van der Waals surface area contributed by atoms with Crippen molar-refractivity contribution < 1.29 is 19.0 Å². The van der Waals surface area contributed by atoms with Crippen LogP contribution in [0.1, 0.15) is 136 Å². The molecule has 36 heavy (non-hydrogen) atoms. The van der Waals surface area contributed by atoms with E-state index in [4.69, 9.17) is 14.2 Å². The Hall–Kier alpha value is -1.91. The fraction of sp³-hybridized carbons (Fsp3) is 0.774. The first kappa shape index (κ1) is 32.1. The predicted molar refractivity (Wildman–Crippen MR) is 151 cm³/mol. The first-order valence-corrected chi connectivity index (χ1v) is 15.0. The van der Waals surface area contributed by atoms with Crippen LogP contribution in [0.4, 0.5) is 5.69 Å². The molecule has 207 valence electrons. The van der Waals surface area contributed by atoms with Crippen molar-refractivity contribution >= 4 is 12.1 Å². The summed E-state index contributed by atoms with van der Waals surface area (Å²) in [6.07, 6.45) is 22.3. The lowest BCUT2D eigenvalue weighted by Gasteiger charge is -2.18. The minimum absolute atomic E-state index is 0.549. The number of rotatable bonds is 26. The maximum atomic E-state index is 11.1. The molecule has 0 aliphatic heterocycles. The van der Waals surface area contributed by atoms with Gasteiger partial charge in [0.1, 0.15) is 0 Å². The summed E-state index contributed by atoms with van der Waals surface area (Å²) in [7, 11) is 0. The van der Waals surface area contributed by atoms with Crippen LogP contribution in [0.3, 0.4) is 0 Å². The Kier molecular flexibility index (Phi) is 21.0. The smallest absolute Gasteiger partial charge is 0.233 e. The van der Waals surface area contributed by atoms with E-state index < -0.39 is 0 Å². The van der Waals surface area contributed by atoms with E-state index in [2.05, 4.69) is 26.1 Å². The van der Waals surface area contributed by atoms with E-state index in [1.165, 1.54) is 83.5 Å². The van der Waals surface area contributed by atoms with Crippen molar-refractivity contribution in [2.45, 2.75) is 136 Å². The molecule has 0 bridgehead atoms. The molecule has 5 heteroatoms. The minimum Gasteiger partial charge on any atom is -0.489 e. The fourth-order valence-corrected chi connectivity index (χ4v) is 4.24. The molecule has 0 heterocycles. The molecule has 0 unspecified atom stereocenters. The predicted octanol–water partition coefficient (Wildman–Crippen LogP) is 9.30. The highest BCUT2D eigenvalue weighted by atomic mass is 16.5. The van der Waals surface area contributed by atoms with Crippen LogP contribution >= 0.6 is 0 Å². The Labute approximate surface area is 222 Å². The molecule has 1 aromatic carbocycles. The molecule has 0 atom stereocenters. The molecule has 0 spiro atoms. The van der Waals surface area contributed by atoms with E-state index in [0.29, 0.717) is 49.2 Å². The molecule has 1 rings (SSSR count). The van der Waals surface area contributed by atoms with Crippen LogP contribution in [0, 0.1) is 0 Å². The maximum absolute atomic E-state index is 11.1. The lowest BCUT2D eigenvalue weighted by atomic mass is 10.1. The molecular formula is C31H54NO4. The lowest BCUT2D eigenvalue weighted by Crippen LogP contribution is -2.07. The highest BCUT2D eigenvalue weighted by Gasteiger charge is 2.16. The van der Waals surface area contributed by atoms with Gasteiger partial charge in [-0.25, -0.2) is 5.32 Å². The third-order valence-electron chi connectivity index (χ3n) is 6.46. The van der Waals surface area contributed by atoms with Crippen molar-refractivity contribution in [3.8, 4) is 17.2 Å². The van der Waals surface area contributed by atoms with Crippen molar-refractivity contribution in [1.82, 2.24) is 5.32 Å². The molecular weight excluding hydrogens is 450 g/mol. The Morgan fingerprint density at radius 3 is 1.31 bits per heavy atom. The molecule has 0 aromatic heterocycles. The van der Waals surface area contributed by atoms with E-state index in [1.54, 1.807) is 12.1 Å². The zero-order valence-electron chi connectivity index (χ0n) is 23.7. The van der Waals surface area contributed by atoms with Gasteiger partial charge in [0, 0.05) is 12.1 Å². The highest BCUT2D eigenvalue weighted by molar-refractivity contribution is 5.66.